The molecule has 31 heavy (non-hydrogen) atoms. The zero-order chi connectivity index (χ0) is 21.9. The standard InChI is InChI=1S/C23H39N7O/c1-3-15-29(16-4-2)20-7-5-19(6-8-20)24-10-9-23(31)30(17-21-25-11-12-26-21)18-22-27-13-14-28-22/h11-14,19-20,24H,3-10,15-18H2,1-2H3,(H,25,26)(H,27,28)/t19-,20-. The third kappa shape index (κ3) is 7.47. The lowest BCUT2D eigenvalue weighted by atomic mass is 9.90. The first-order valence-electron chi connectivity index (χ1n) is 11.9. The van der Waals surface area contributed by atoms with Gasteiger partial charge in [-0.2, -0.15) is 0 Å². The molecule has 0 saturated heterocycles. The van der Waals surface area contributed by atoms with Gasteiger partial charge in [0.1, 0.15) is 11.6 Å². The number of aromatic nitrogens is 4. The van der Waals surface area contributed by atoms with Crippen LogP contribution in [-0.4, -0.2) is 67.4 Å². The van der Waals surface area contributed by atoms with Gasteiger partial charge in [0, 0.05) is 49.8 Å². The first kappa shape index (κ1) is 23.5. The molecule has 2 aromatic heterocycles. The number of carbonyl (C=O) groups excluding carboxylic acids is 1. The third-order valence-corrected chi connectivity index (χ3v) is 6.15. The van der Waals surface area contributed by atoms with Gasteiger partial charge in [0.2, 0.25) is 5.91 Å². The molecule has 0 aromatic carbocycles. The number of imidazole rings is 2. The Morgan fingerprint density at radius 1 is 1.00 bits per heavy atom. The van der Waals surface area contributed by atoms with E-state index in [1.54, 1.807) is 24.8 Å². The largest absolute Gasteiger partial charge is 0.347 e. The van der Waals surface area contributed by atoms with E-state index >= 15 is 0 Å². The minimum Gasteiger partial charge on any atom is -0.347 e. The summed E-state index contributed by atoms with van der Waals surface area (Å²) in [5.41, 5.74) is 0. The molecule has 1 saturated carbocycles. The van der Waals surface area contributed by atoms with Crippen molar-refractivity contribution < 1.29 is 4.79 Å². The summed E-state index contributed by atoms with van der Waals surface area (Å²) in [7, 11) is 0. The number of hydrogen-bond acceptors (Lipinski definition) is 5. The van der Waals surface area contributed by atoms with Gasteiger partial charge >= 0.3 is 0 Å². The summed E-state index contributed by atoms with van der Waals surface area (Å²) in [6.45, 7) is 8.61. The van der Waals surface area contributed by atoms with Crippen molar-refractivity contribution in [3.05, 3.63) is 36.4 Å². The number of nitrogens with one attached hydrogen (secondary N) is 3. The van der Waals surface area contributed by atoms with Gasteiger partial charge in [-0.15, -0.1) is 0 Å². The van der Waals surface area contributed by atoms with Gasteiger partial charge in [-0.25, -0.2) is 9.97 Å². The quantitative estimate of drug-likeness (QED) is 0.455. The Morgan fingerprint density at radius 3 is 2.06 bits per heavy atom. The number of hydrogen-bond donors (Lipinski definition) is 3. The van der Waals surface area contributed by atoms with Crippen LogP contribution in [-0.2, 0) is 17.9 Å². The molecule has 0 spiro atoms. The molecule has 1 amide bonds. The maximum absolute atomic E-state index is 12.9. The maximum atomic E-state index is 12.9. The predicted molar refractivity (Wildman–Crippen MR) is 122 cm³/mol. The number of rotatable bonds is 13. The van der Waals surface area contributed by atoms with Crippen molar-refractivity contribution in [2.45, 2.75) is 84.0 Å². The zero-order valence-corrected chi connectivity index (χ0v) is 19.1. The minimum absolute atomic E-state index is 0.117. The molecular formula is C23H39N7O. The van der Waals surface area contributed by atoms with Crippen LogP contribution in [0.5, 0.6) is 0 Å². The van der Waals surface area contributed by atoms with Crippen molar-refractivity contribution in [1.29, 1.82) is 0 Å². The second kappa shape index (κ2) is 12.6. The summed E-state index contributed by atoms with van der Waals surface area (Å²) in [5, 5.41) is 3.64. The SMILES string of the molecule is CCCN(CCC)[C@H]1CC[C@H](NCCC(=O)N(Cc2ncc[nH]2)Cc2ncc[nH]2)CC1. The Bertz CT molecular complexity index is 681. The Labute approximate surface area is 186 Å². The average Bonchev–Trinajstić information content (AvgIpc) is 3.48. The van der Waals surface area contributed by atoms with Crippen LogP contribution in [0.4, 0.5) is 0 Å². The van der Waals surface area contributed by atoms with Gasteiger partial charge in [0.25, 0.3) is 0 Å². The molecule has 172 valence electrons. The van der Waals surface area contributed by atoms with Gasteiger partial charge in [-0.3, -0.25) is 4.79 Å². The van der Waals surface area contributed by atoms with Crippen LogP contribution in [0, 0.1) is 0 Å². The molecule has 3 N–H and O–H groups in total. The second-order valence-electron chi connectivity index (χ2n) is 8.57. The van der Waals surface area contributed by atoms with E-state index in [0.29, 0.717) is 32.1 Å². The number of carbonyl (C=O) groups is 1. The fourth-order valence-electron chi connectivity index (χ4n) is 4.60. The monoisotopic (exact) mass is 429 g/mol. The van der Waals surface area contributed by atoms with E-state index in [-0.39, 0.29) is 5.91 Å². The summed E-state index contributed by atoms with van der Waals surface area (Å²) < 4.78 is 0. The van der Waals surface area contributed by atoms with Crippen LogP contribution >= 0.6 is 0 Å². The van der Waals surface area contributed by atoms with Gasteiger partial charge < -0.3 is 25.1 Å². The Kier molecular flexibility index (Phi) is 9.55. The molecule has 8 nitrogen and oxygen atoms in total. The van der Waals surface area contributed by atoms with Crippen molar-refractivity contribution in [3.63, 3.8) is 0 Å². The highest BCUT2D eigenvalue weighted by Gasteiger charge is 2.25. The topological polar surface area (TPSA) is 92.9 Å². The summed E-state index contributed by atoms with van der Waals surface area (Å²) in [6, 6.07) is 1.26. The number of aromatic amines is 2. The van der Waals surface area contributed by atoms with Crippen molar-refractivity contribution in [2.24, 2.45) is 0 Å². The van der Waals surface area contributed by atoms with E-state index < -0.39 is 0 Å². The molecule has 3 rings (SSSR count). The predicted octanol–water partition coefficient (Wildman–Crippen LogP) is 3.07. The molecular weight excluding hydrogens is 390 g/mol. The Hall–Kier alpha value is -2.19. The van der Waals surface area contributed by atoms with E-state index in [1.165, 1.54) is 51.6 Å². The molecule has 0 atom stereocenters. The first-order valence-corrected chi connectivity index (χ1v) is 11.9. The number of amides is 1. The molecule has 1 aliphatic rings. The van der Waals surface area contributed by atoms with Crippen LogP contribution in [0.3, 0.4) is 0 Å². The van der Waals surface area contributed by atoms with Crippen molar-refractivity contribution in [3.8, 4) is 0 Å². The number of H-pyrrole nitrogens is 2. The van der Waals surface area contributed by atoms with Crippen molar-refractivity contribution in [2.75, 3.05) is 19.6 Å². The van der Waals surface area contributed by atoms with Crippen LogP contribution in [0.1, 0.15) is 70.4 Å². The fourth-order valence-corrected chi connectivity index (χ4v) is 4.60. The number of nitrogens with zero attached hydrogens (tertiary/aromatic N) is 4. The highest BCUT2D eigenvalue weighted by atomic mass is 16.2. The normalized spacial score (nSPS) is 19.1. The lowest BCUT2D eigenvalue weighted by molar-refractivity contribution is -0.132. The summed E-state index contributed by atoms with van der Waals surface area (Å²) in [5.74, 6) is 1.69. The van der Waals surface area contributed by atoms with Crippen LogP contribution in [0.15, 0.2) is 24.8 Å². The molecule has 0 radical (unpaired) electrons. The van der Waals surface area contributed by atoms with Crippen molar-refractivity contribution in [1.82, 2.24) is 35.1 Å². The summed E-state index contributed by atoms with van der Waals surface area (Å²) in [4.78, 5) is 32.1. The van der Waals surface area contributed by atoms with Crippen LogP contribution in [0.2, 0.25) is 0 Å². The summed E-state index contributed by atoms with van der Waals surface area (Å²) >= 11 is 0. The molecule has 0 aliphatic heterocycles. The van der Waals surface area contributed by atoms with Gasteiger partial charge in [-0.1, -0.05) is 13.8 Å². The fraction of sp³-hybridized carbons (Fsp3) is 0.696. The molecule has 1 aliphatic carbocycles. The first-order chi connectivity index (χ1) is 15.2. The molecule has 2 heterocycles. The van der Waals surface area contributed by atoms with Gasteiger partial charge in [0.05, 0.1) is 13.1 Å². The Morgan fingerprint density at radius 2 is 1.58 bits per heavy atom. The highest BCUT2D eigenvalue weighted by molar-refractivity contribution is 5.76. The Balaban J connectivity index is 1.42. The molecule has 1 fully saturated rings. The molecule has 0 bridgehead atoms. The summed E-state index contributed by atoms with van der Waals surface area (Å²) in [6.07, 6.45) is 14.9. The lowest BCUT2D eigenvalue weighted by Gasteiger charge is -2.37. The third-order valence-electron chi connectivity index (χ3n) is 6.15. The van der Waals surface area contributed by atoms with Gasteiger partial charge in [0.15, 0.2) is 0 Å². The average molecular weight is 430 g/mol. The van der Waals surface area contributed by atoms with Crippen molar-refractivity contribution >= 4 is 5.91 Å². The molecule has 0 unspecified atom stereocenters. The molecule has 2 aromatic rings. The van der Waals surface area contributed by atoms with Crippen LogP contribution < -0.4 is 5.32 Å². The van der Waals surface area contributed by atoms with E-state index in [2.05, 4.69) is 44.0 Å². The maximum Gasteiger partial charge on any atom is 0.224 e. The lowest BCUT2D eigenvalue weighted by Crippen LogP contribution is -2.43. The van der Waals surface area contributed by atoms with E-state index in [0.717, 1.165) is 17.7 Å². The zero-order valence-electron chi connectivity index (χ0n) is 19.1. The van der Waals surface area contributed by atoms with E-state index in [4.69, 9.17) is 0 Å². The molecule has 8 heteroatoms. The minimum atomic E-state index is 0.117. The second-order valence-corrected chi connectivity index (χ2v) is 8.57. The van der Waals surface area contributed by atoms with Gasteiger partial charge in [-0.05, 0) is 51.6 Å². The van der Waals surface area contributed by atoms with E-state index in [9.17, 15) is 4.79 Å². The van der Waals surface area contributed by atoms with Crippen LogP contribution in [0.25, 0.3) is 0 Å². The van der Waals surface area contributed by atoms with E-state index in [1.807, 2.05) is 4.90 Å². The smallest absolute Gasteiger partial charge is 0.224 e. The highest BCUT2D eigenvalue weighted by Crippen LogP contribution is 2.23.